The number of ether oxygens (including phenoxy) is 1. The number of thioether (sulfide) groups is 1. The minimum atomic E-state index is -4.59. The number of rotatable bonds is 11. The summed E-state index contributed by atoms with van der Waals surface area (Å²) in [5.74, 6) is 0.630. The van der Waals surface area contributed by atoms with Crippen LogP contribution in [0.2, 0.25) is 5.02 Å². The molecule has 212 valence electrons. The number of nitrogens with one attached hydrogen (secondary N) is 1. The predicted molar refractivity (Wildman–Crippen MR) is 152 cm³/mol. The van der Waals surface area contributed by atoms with Crippen LogP contribution in [0.25, 0.3) is 10.9 Å². The second kappa shape index (κ2) is 13.1. The molecule has 4 nitrogen and oxygen atoms in total. The largest absolute Gasteiger partial charge is 0.416 e. The van der Waals surface area contributed by atoms with Crippen molar-refractivity contribution in [3.8, 4) is 0 Å². The molecule has 1 atom stereocenters. The zero-order valence-corrected chi connectivity index (χ0v) is 23.6. The molecule has 0 spiro atoms. The highest BCUT2D eigenvalue weighted by molar-refractivity contribution is 7.99. The average Bonchev–Trinajstić information content (AvgIpc) is 3.25. The Balaban J connectivity index is 1.63. The maximum absolute atomic E-state index is 13.7. The molecule has 0 bridgehead atoms. The fourth-order valence-electron chi connectivity index (χ4n) is 4.72. The molecule has 0 aliphatic rings. The van der Waals surface area contributed by atoms with Crippen molar-refractivity contribution in [1.82, 2.24) is 9.88 Å². The molecule has 3 aromatic carbocycles. The number of alkyl halides is 4. The molecular formula is C30H29ClF4N2O2S. The van der Waals surface area contributed by atoms with E-state index in [0.717, 1.165) is 22.3 Å². The van der Waals surface area contributed by atoms with E-state index in [9.17, 15) is 22.4 Å². The first-order valence-corrected chi connectivity index (χ1v) is 14.1. The number of carbonyl (C=O) groups is 1. The number of fused-ring (bicyclic) bond motifs is 1. The Kier molecular flexibility index (Phi) is 9.81. The third-order valence-corrected chi connectivity index (χ3v) is 7.67. The van der Waals surface area contributed by atoms with Gasteiger partial charge in [-0.15, -0.1) is 11.8 Å². The molecule has 1 N–H and O–H groups in total. The van der Waals surface area contributed by atoms with Crippen molar-refractivity contribution >= 4 is 40.2 Å². The van der Waals surface area contributed by atoms with Crippen LogP contribution in [-0.4, -0.2) is 36.6 Å². The Morgan fingerprint density at radius 1 is 1.07 bits per heavy atom. The number of hydrogen-bond donors (Lipinski definition) is 1. The lowest BCUT2D eigenvalue weighted by atomic mass is 10.0. The number of aromatic nitrogens is 1. The van der Waals surface area contributed by atoms with Crippen LogP contribution < -0.4 is 5.32 Å². The van der Waals surface area contributed by atoms with Crippen LogP contribution in [0.5, 0.6) is 0 Å². The third kappa shape index (κ3) is 7.00. The van der Waals surface area contributed by atoms with Gasteiger partial charge in [-0.3, -0.25) is 4.79 Å². The monoisotopic (exact) mass is 592 g/mol. The predicted octanol–water partition coefficient (Wildman–Crippen LogP) is 8.10. The minimum absolute atomic E-state index is 0.0152. The smallest absolute Gasteiger partial charge is 0.382 e. The van der Waals surface area contributed by atoms with E-state index in [4.69, 9.17) is 16.3 Å². The average molecular weight is 593 g/mol. The highest BCUT2D eigenvalue weighted by atomic mass is 35.5. The molecule has 0 fully saturated rings. The topological polar surface area (TPSA) is 43.3 Å². The van der Waals surface area contributed by atoms with Crippen LogP contribution in [-0.2, 0) is 23.9 Å². The number of benzene rings is 3. The van der Waals surface area contributed by atoms with Gasteiger partial charge < -0.3 is 14.6 Å². The Morgan fingerprint density at radius 2 is 1.82 bits per heavy atom. The van der Waals surface area contributed by atoms with E-state index in [2.05, 4.69) is 12.2 Å². The quantitative estimate of drug-likeness (QED) is 0.141. The first-order chi connectivity index (χ1) is 19.1. The summed E-state index contributed by atoms with van der Waals surface area (Å²) in [5, 5.41) is 3.62. The van der Waals surface area contributed by atoms with E-state index in [1.54, 1.807) is 47.7 Å². The Hall–Kier alpha value is -3.01. The second-order valence-corrected chi connectivity index (χ2v) is 11.0. The molecular weight excluding hydrogens is 564 g/mol. The lowest BCUT2D eigenvalue weighted by molar-refractivity contribution is -0.138. The summed E-state index contributed by atoms with van der Waals surface area (Å²) in [6.45, 7) is 1.63. The molecule has 1 heterocycles. The van der Waals surface area contributed by atoms with Gasteiger partial charge in [-0.1, -0.05) is 36.7 Å². The summed E-state index contributed by atoms with van der Waals surface area (Å²) >= 11 is 7.56. The van der Waals surface area contributed by atoms with E-state index in [1.807, 2.05) is 24.3 Å². The molecule has 1 unspecified atom stereocenters. The van der Waals surface area contributed by atoms with Crippen LogP contribution >= 0.6 is 23.4 Å². The highest BCUT2D eigenvalue weighted by Gasteiger charge is 2.33. The minimum Gasteiger partial charge on any atom is -0.382 e. The lowest BCUT2D eigenvalue weighted by Gasteiger charge is -2.19. The van der Waals surface area contributed by atoms with Gasteiger partial charge in [0.2, 0.25) is 0 Å². The molecule has 1 aromatic heterocycles. The number of amides is 1. The summed E-state index contributed by atoms with van der Waals surface area (Å²) in [5.41, 5.74) is 1.60. The number of carbonyl (C=O) groups excluding carboxylic acids is 1. The summed E-state index contributed by atoms with van der Waals surface area (Å²) < 4.78 is 61.5. The molecule has 0 aliphatic heterocycles. The van der Waals surface area contributed by atoms with Gasteiger partial charge in [0.15, 0.2) is 0 Å². The van der Waals surface area contributed by atoms with Gasteiger partial charge in [-0.05, 0) is 65.4 Å². The van der Waals surface area contributed by atoms with Gasteiger partial charge in [0.1, 0.15) is 6.67 Å². The van der Waals surface area contributed by atoms with Crippen LogP contribution in [0.1, 0.15) is 45.7 Å². The van der Waals surface area contributed by atoms with Gasteiger partial charge in [-0.25, -0.2) is 4.39 Å². The fourth-order valence-corrected chi connectivity index (χ4v) is 5.55. The SMILES string of the molecule is CCSc1ccc(C(COC)NC(=O)c2ccc3c(c2)cc(Cc2ccc(Cl)cc2C(F)(F)F)n3CCF)cc1. The number of halogens is 5. The van der Waals surface area contributed by atoms with Crippen molar-refractivity contribution in [2.24, 2.45) is 0 Å². The van der Waals surface area contributed by atoms with Gasteiger partial charge in [0, 0.05) is 45.6 Å². The Labute approximate surface area is 239 Å². The van der Waals surface area contributed by atoms with Crippen LogP contribution in [0.15, 0.2) is 71.6 Å². The fraction of sp³-hybridized carbons (Fsp3) is 0.300. The van der Waals surface area contributed by atoms with E-state index in [-0.39, 0.29) is 42.1 Å². The van der Waals surface area contributed by atoms with Crippen molar-refractivity contribution in [3.05, 3.63) is 99.7 Å². The molecule has 4 aromatic rings. The maximum Gasteiger partial charge on any atom is 0.416 e. The highest BCUT2D eigenvalue weighted by Crippen LogP contribution is 2.35. The van der Waals surface area contributed by atoms with Gasteiger partial charge >= 0.3 is 6.18 Å². The first-order valence-electron chi connectivity index (χ1n) is 12.7. The normalized spacial score (nSPS) is 12.6. The number of aryl methyl sites for hydroxylation is 1. The maximum atomic E-state index is 13.7. The first kappa shape index (κ1) is 30.0. The van der Waals surface area contributed by atoms with E-state index in [0.29, 0.717) is 22.2 Å². The number of methoxy groups -OCH3 is 1. The van der Waals surface area contributed by atoms with Gasteiger partial charge in [0.25, 0.3) is 5.91 Å². The molecule has 4 rings (SSSR count). The molecule has 0 saturated heterocycles. The molecule has 40 heavy (non-hydrogen) atoms. The van der Waals surface area contributed by atoms with E-state index < -0.39 is 18.4 Å². The number of nitrogens with zero attached hydrogens (tertiary/aromatic N) is 1. The standard InChI is InChI=1S/C30H29ClF4N2O2S/c1-3-40-25-9-5-19(6-10-25)27(18-39-2)36-29(38)21-7-11-28-22(14-21)16-24(37(28)13-12-32)15-20-4-8-23(31)17-26(20)30(33,34)35/h4-11,14,16-17,27H,3,12-13,15,18H2,1-2H3,(H,36,38). The van der Waals surface area contributed by atoms with Crippen molar-refractivity contribution in [2.75, 3.05) is 26.1 Å². The van der Waals surface area contributed by atoms with Crippen molar-refractivity contribution in [3.63, 3.8) is 0 Å². The van der Waals surface area contributed by atoms with E-state index in [1.165, 1.54) is 12.1 Å². The second-order valence-electron chi connectivity index (χ2n) is 9.21. The molecule has 0 radical (unpaired) electrons. The van der Waals surface area contributed by atoms with Crippen molar-refractivity contribution in [1.29, 1.82) is 0 Å². The summed E-state index contributed by atoms with van der Waals surface area (Å²) in [4.78, 5) is 14.4. The zero-order valence-electron chi connectivity index (χ0n) is 22.0. The van der Waals surface area contributed by atoms with Crippen LogP contribution in [0.4, 0.5) is 17.6 Å². The van der Waals surface area contributed by atoms with Crippen LogP contribution in [0, 0.1) is 0 Å². The molecule has 0 saturated carbocycles. The van der Waals surface area contributed by atoms with Crippen molar-refractivity contribution < 1.29 is 27.1 Å². The van der Waals surface area contributed by atoms with Crippen molar-refractivity contribution in [2.45, 2.75) is 37.0 Å². The molecule has 0 aliphatic carbocycles. The third-order valence-electron chi connectivity index (χ3n) is 6.54. The summed E-state index contributed by atoms with van der Waals surface area (Å²) in [6.07, 6.45) is -4.67. The lowest BCUT2D eigenvalue weighted by Crippen LogP contribution is -2.31. The zero-order chi connectivity index (χ0) is 28.9. The van der Waals surface area contributed by atoms with E-state index >= 15 is 0 Å². The number of hydrogen-bond acceptors (Lipinski definition) is 3. The van der Waals surface area contributed by atoms with Gasteiger partial charge in [-0.2, -0.15) is 13.2 Å². The Morgan fingerprint density at radius 3 is 2.48 bits per heavy atom. The molecule has 10 heteroatoms. The molecule has 1 amide bonds. The van der Waals surface area contributed by atoms with Gasteiger partial charge in [0.05, 0.1) is 24.8 Å². The van der Waals surface area contributed by atoms with Crippen LogP contribution in [0.3, 0.4) is 0 Å². The summed E-state index contributed by atoms with van der Waals surface area (Å²) in [6, 6.07) is 17.9. The summed E-state index contributed by atoms with van der Waals surface area (Å²) in [7, 11) is 1.56. The Bertz CT molecular complexity index is 1470.